The number of benzene rings is 1. The zero-order chi connectivity index (χ0) is 26.0. The van der Waals surface area contributed by atoms with Crippen LogP contribution in [-0.2, 0) is 31.0 Å². The van der Waals surface area contributed by atoms with Gasteiger partial charge in [-0.15, -0.1) is 0 Å². The molecular weight excluding hydrogens is 474 g/mol. The quantitative estimate of drug-likeness (QED) is 0.111. The molecular formula is C22H35N7O5S. The fraction of sp³-hybridized carbons (Fsp3) is 0.545. The van der Waals surface area contributed by atoms with Crippen LogP contribution >= 0.6 is 0 Å². The topological polar surface area (TPSA) is 180 Å². The summed E-state index contributed by atoms with van der Waals surface area (Å²) in [6, 6.07) is 6.38. The van der Waals surface area contributed by atoms with Crippen LogP contribution in [0.25, 0.3) is 0 Å². The van der Waals surface area contributed by atoms with Gasteiger partial charge in [0.1, 0.15) is 18.4 Å². The van der Waals surface area contributed by atoms with Crippen molar-refractivity contribution in [2.45, 2.75) is 50.2 Å². The van der Waals surface area contributed by atoms with Gasteiger partial charge in [-0.05, 0) is 37.7 Å². The van der Waals surface area contributed by atoms with Crippen LogP contribution in [0.5, 0.6) is 0 Å². The fourth-order valence-corrected chi connectivity index (χ4v) is 4.54. The van der Waals surface area contributed by atoms with Crippen molar-refractivity contribution in [1.82, 2.24) is 19.2 Å². The molecule has 1 aliphatic rings. The van der Waals surface area contributed by atoms with Crippen LogP contribution < -0.4 is 21.5 Å². The maximum absolute atomic E-state index is 13.5. The van der Waals surface area contributed by atoms with E-state index in [-0.39, 0.29) is 12.4 Å². The summed E-state index contributed by atoms with van der Waals surface area (Å²) >= 11 is 0. The lowest BCUT2D eigenvalue weighted by molar-refractivity contribution is -0.140. The van der Waals surface area contributed by atoms with E-state index in [0.717, 1.165) is 9.87 Å². The van der Waals surface area contributed by atoms with Crippen molar-refractivity contribution >= 4 is 34.3 Å². The van der Waals surface area contributed by atoms with Gasteiger partial charge in [0.2, 0.25) is 11.8 Å². The van der Waals surface area contributed by atoms with Gasteiger partial charge >= 0.3 is 0 Å². The SMILES string of the molecule is CN(C)S(=O)(=O)N[C@H](Cc1ccccc1)C(=O)N1CCC[C@H]1C(=O)N[C@H](C=O)CCCN=C(N)N. The van der Waals surface area contributed by atoms with E-state index in [0.29, 0.717) is 45.1 Å². The molecule has 6 N–H and O–H groups in total. The molecule has 0 aromatic heterocycles. The molecule has 0 radical (unpaired) electrons. The molecule has 1 fully saturated rings. The van der Waals surface area contributed by atoms with Crippen molar-refractivity contribution in [2.75, 3.05) is 27.2 Å². The highest BCUT2D eigenvalue weighted by atomic mass is 32.2. The third-order valence-electron chi connectivity index (χ3n) is 5.65. The highest BCUT2D eigenvalue weighted by molar-refractivity contribution is 7.87. The molecule has 1 aliphatic heterocycles. The number of aldehydes is 1. The first-order valence-electron chi connectivity index (χ1n) is 11.4. The number of guanidine groups is 1. The van der Waals surface area contributed by atoms with Gasteiger partial charge in [0, 0.05) is 27.2 Å². The summed E-state index contributed by atoms with van der Waals surface area (Å²) in [5, 5.41) is 2.68. The Bertz CT molecular complexity index is 997. The first kappa shape index (κ1) is 28.2. The smallest absolute Gasteiger partial charge is 0.279 e. The van der Waals surface area contributed by atoms with E-state index in [1.165, 1.54) is 19.0 Å². The molecule has 13 heteroatoms. The van der Waals surface area contributed by atoms with Crippen LogP contribution in [0.2, 0.25) is 0 Å². The molecule has 12 nitrogen and oxygen atoms in total. The number of nitrogens with zero attached hydrogens (tertiary/aromatic N) is 3. The van der Waals surface area contributed by atoms with Crippen molar-refractivity contribution < 1.29 is 22.8 Å². The molecule has 1 heterocycles. The monoisotopic (exact) mass is 509 g/mol. The van der Waals surface area contributed by atoms with Crippen LogP contribution in [0.15, 0.2) is 35.3 Å². The number of hydrogen-bond donors (Lipinski definition) is 4. The zero-order valence-electron chi connectivity index (χ0n) is 20.1. The third kappa shape index (κ3) is 8.60. The highest BCUT2D eigenvalue weighted by Crippen LogP contribution is 2.20. The number of aliphatic imine (C=N–C) groups is 1. The van der Waals surface area contributed by atoms with Crippen molar-refractivity contribution in [3.8, 4) is 0 Å². The Kier molecular flexibility index (Phi) is 10.6. The molecule has 0 bridgehead atoms. The summed E-state index contributed by atoms with van der Waals surface area (Å²) in [5.41, 5.74) is 11.3. The Balaban J connectivity index is 2.13. The van der Waals surface area contributed by atoms with E-state index in [4.69, 9.17) is 11.5 Å². The number of nitrogens with two attached hydrogens (primary N) is 2. The summed E-state index contributed by atoms with van der Waals surface area (Å²) in [6.45, 7) is 0.631. The molecule has 1 aromatic carbocycles. The molecule has 0 unspecified atom stereocenters. The molecule has 1 aromatic rings. The van der Waals surface area contributed by atoms with E-state index in [9.17, 15) is 22.8 Å². The fourth-order valence-electron chi connectivity index (χ4n) is 3.79. The van der Waals surface area contributed by atoms with Crippen LogP contribution in [0, 0.1) is 0 Å². The summed E-state index contributed by atoms with van der Waals surface area (Å²) < 4.78 is 28.5. The van der Waals surface area contributed by atoms with Crippen LogP contribution in [0.1, 0.15) is 31.2 Å². The molecule has 3 atom stereocenters. The lowest BCUT2D eigenvalue weighted by atomic mass is 10.0. The second-order valence-corrected chi connectivity index (χ2v) is 10.5. The van der Waals surface area contributed by atoms with Crippen molar-refractivity contribution in [3.63, 3.8) is 0 Å². The molecule has 0 aliphatic carbocycles. The van der Waals surface area contributed by atoms with Gasteiger partial charge in [-0.25, -0.2) is 0 Å². The molecule has 0 saturated carbocycles. The van der Waals surface area contributed by atoms with E-state index in [1.807, 2.05) is 6.07 Å². The van der Waals surface area contributed by atoms with Crippen molar-refractivity contribution in [1.29, 1.82) is 0 Å². The number of likely N-dealkylation sites (tertiary alicyclic amines) is 1. The third-order valence-corrected chi connectivity index (χ3v) is 7.19. The Morgan fingerprint density at radius 1 is 1.26 bits per heavy atom. The zero-order valence-corrected chi connectivity index (χ0v) is 20.9. The predicted molar refractivity (Wildman–Crippen MR) is 132 cm³/mol. The minimum Gasteiger partial charge on any atom is -0.370 e. The average molecular weight is 510 g/mol. The van der Waals surface area contributed by atoms with Crippen molar-refractivity contribution in [2.24, 2.45) is 16.5 Å². The molecule has 0 spiro atoms. The number of carbonyl (C=O) groups excluding carboxylic acids is 3. The van der Waals surface area contributed by atoms with Crippen LogP contribution in [0.4, 0.5) is 0 Å². The predicted octanol–water partition coefficient (Wildman–Crippen LogP) is -1.28. The Hall–Kier alpha value is -3.03. The number of rotatable bonds is 13. The lowest BCUT2D eigenvalue weighted by Crippen LogP contribution is -2.56. The summed E-state index contributed by atoms with van der Waals surface area (Å²) in [7, 11) is -1.18. The minimum atomic E-state index is -3.91. The van der Waals surface area contributed by atoms with E-state index in [1.54, 1.807) is 24.3 Å². The van der Waals surface area contributed by atoms with Crippen LogP contribution in [0.3, 0.4) is 0 Å². The van der Waals surface area contributed by atoms with Gasteiger partial charge in [0.05, 0.1) is 6.04 Å². The maximum atomic E-state index is 13.5. The van der Waals surface area contributed by atoms with Crippen LogP contribution in [-0.4, -0.2) is 87.0 Å². The number of carbonyl (C=O) groups is 3. The van der Waals surface area contributed by atoms with Gasteiger partial charge in [0.25, 0.3) is 10.2 Å². The van der Waals surface area contributed by atoms with Gasteiger partial charge in [-0.3, -0.25) is 14.6 Å². The summed E-state index contributed by atoms with van der Waals surface area (Å²) in [4.78, 5) is 43.2. The molecule has 1 saturated heterocycles. The largest absolute Gasteiger partial charge is 0.370 e. The van der Waals surface area contributed by atoms with Gasteiger partial charge < -0.3 is 26.5 Å². The van der Waals surface area contributed by atoms with E-state index >= 15 is 0 Å². The minimum absolute atomic E-state index is 0.0493. The summed E-state index contributed by atoms with van der Waals surface area (Å²) in [6.07, 6.45) is 2.58. The second kappa shape index (κ2) is 13.2. The number of amides is 2. The van der Waals surface area contributed by atoms with Gasteiger partial charge in [-0.1, -0.05) is 30.3 Å². The Morgan fingerprint density at radius 2 is 1.94 bits per heavy atom. The van der Waals surface area contributed by atoms with Crippen molar-refractivity contribution in [3.05, 3.63) is 35.9 Å². The van der Waals surface area contributed by atoms with E-state index < -0.39 is 40.1 Å². The average Bonchev–Trinajstić information content (AvgIpc) is 3.30. The molecule has 2 rings (SSSR count). The van der Waals surface area contributed by atoms with E-state index in [2.05, 4.69) is 15.0 Å². The second-order valence-electron chi connectivity index (χ2n) is 8.54. The number of nitrogens with one attached hydrogen (secondary N) is 2. The van der Waals surface area contributed by atoms with Gasteiger partial charge in [0.15, 0.2) is 5.96 Å². The van der Waals surface area contributed by atoms with Gasteiger partial charge in [-0.2, -0.15) is 17.4 Å². The molecule has 35 heavy (non-hydrogen) atoms. The first-order valence-corrected chi connectivity index (χ1v) is 12.8. The first-order chi connectivity index (χ1) is 16.5. The maximum Gasteiger partial charge on any atom is 0.279 e. The molecule has 194 valence electrons. The summed E-state index contributed by atoms with van der Waals surface area (Å²) in [5.74, 6) is -0.997. The Morgan fingerprint density at radius 3 is 2.54 bits per heavy atom. The standard InChI is InChI=1S/C22H35N7O5S/c1-28(2)35(33,34)27-18(14-16-8-4-3-5-9-16)21(32)29-13-7-11-19(29)20(31)26-17(15-30)10-6-12-25-22(23)24/h3-5,8-9,15,17-19,27H,6-7,10-14H2,1-2H3,(H,26,31)(H4,23,24,25)/t17-,18+,19-/m0/s1. The molecule has 2 amide bonds. The lowest BCUT2D eigenvalue weighted by Gasteiger charge is -2.30. The highest BCUT2D eigenvalue weighted by Gasteiger charge is 2.39. The number of hydrogen-bond acceptors (Lipinski definition) is 6. The Labute approximate surface area is 206 Å². The normalized spacial score (nSPS) is 17.6.